The van der Waals surface area contributed by atoms with Gasteiger partial charge in [0.05, 0.1) is 0 Å². The molecule has 5 heteroatoms. The van der Waals surface area contributed by atoms with Gasteiger partial charge < -0.3 is 10.8 Å². The third-order valence-electron chi connectivity index (χ3n) is 2.57. The van der Waals surface area contributed by atoms with Crippen LogP contribution in [0.5, 0.6) is 5.75 Å². The largest absolute Gasteiger partial charge is 0.508 e. The van der Waals surface area contributed by atoms with E-state index in [1.54, 1.807) is 47.2 Å². The van der Waals surface area contributed by atoms with Crippen LogP contribution in [0.3, 0.4) is 0 Å². The fourth-order valence-electron chi connectivity index (χ4n) is 1.74. The van der Waals surface area contributed by atoms with Crippen molar-refractivity contribution in [2.75, 3.05) is 5.73 Å². The molecule has 0 saturated carbocycles. The summed E-state index contributed by atoms with van der Waals surface area (Å²) in [6.07, 6.45) is 3.47. The van der Waals surface area contributed by atoms with E-state index < -0.39 is 0 Å². The average Bonchev–Trinajstić information content (AvgIpc) is 2.69. The Balaban J connectivity index is 2.24. The van der Waals surface area contributed by atoms with Crippen LogP contribution in [0.2, 0.25) is 0 Å². The molecule has 0 aliphatic heterocycles. The van der Waals surface area contributed by atoms with Gasteiger partial charge in [-0.25, -0.2) is 9.50 Å². The Labute approximate surface area is 97.1 Å². The molecule has 0 amide bonds. The minimum atomic E-state index is 0.217. The molecule has 84 valence electrons. The second-order valence-electron chi connectivity index (χ2n) is 3.70. The standard InChI is InChI=1S/C12H10N4O/c13-10-11(8-2-4-9(17)5-3-8)15-16-7-1-6-14-12(10)16/h1-7,17H,13H2. The summed E-state index contributed by atoms with van der Waals surface area (Å²) in [5, 5.41) is 13.6. The third-order valence-corrected chi connectivity index (χ3v) is 2.57. The van der Waals surface area contributed by atoms with Gasteiger partial charge in [-0.05, 0) is 30.3 Å². The Morgan fingerprint density at radius 1 is 1.18 bits per heavy atom. The number of nitrogen functional groups attached to an aromatic ring is 1. The normalized spacial score (nSPS) is 10.8. The molecule has 17 heavy (non-hydrogen) atoms. The lowest BCUT2D eigenvalue weighted by Gasteiger charge is -1.97. The van der Waals surface area contributed by atoms with Crippen LogP contribution in [0.15, 0.2) is 42.7 Å². The molecule has 0 unspecified atom stereocenters. The highest BCUT2D eigenvalue weighted by Crippen LogP contribution is 2.28. The topological polar surface area (TPSA) is 76.4 Å². The Morgan fingerprint density at radius 2 is 1.94 bits per heavy atom. The number of aromatic hydroxyl groups is 1. The molecule has 0 aliphatic carbocycles. The fourth-order valence-corrected chi connectivity index (χ4v) is 1.74. The van der Waals surface area contributed by atoms with Crippen molar-refractivity contribution in [1.29, 1.82) is 0 Å². The van der Waals surface area contributed by atoms with Gasteiger partial charge in [-0.3, -0.25) is 0 Å². The van der Waals surface area contributed by atoms with E-state index in [2.05, 4.69) is 10.1 Å². The van der Waals surface area contributed by atoms with Gasteiger partial charge >= 0.3 is 0 Å². The molecule has 0 spiro atoms. The maximum atomic E-state index is 9.24. The molecule has 0 bridgehead atoms. The number of nitrogens with two attached hydrogens (primary N) is 1. The summed E-state index contributed by atoms with van der Waals surface area (Å²) in [5.41, 5.74) is 8.70. The minimum absolute atomic E-state index is 0.217. The summed E-state index contributed by atoms with van der Waals surface area (Å²) in [5.74, 6) is 0.217. The Hall–Kier alpha value is -2.56. The lowest BCUT2D eigenvalue weighted by molar-refractivity contribution is 0.475. The first-order chi connectivity index (χ1) is 8.25. The number of fused-ring (bicyclic) bond motifs is 1. The lowest BCUT2D eigenvalue weighted by Crippen LogP contribution is -1.89. The summed E-state index contributed by atoms with van der Waals surface area (Å²) >= 11 is 0. The van der Waals surface area contributed by atoms with Crippen LogP contribution in [-0.2, 0) is 0 Å². The van der Waals surface area contributed by atoms with Crippen molar-refractivity contribution >= 4 is 11.3 Å². The van der Waals surface area contributed by atoms with E-state index in [4.69, 9.17) is 5.73 Å². The second-order valence-corrected chi connectivity index (χ2v) is 3.70. The molecular weight excluding hydrogens is 216 g/mol. The number of nitrogens with zero attached hydrogens (tertiary/aromatic N) is 3. The predicted octanol–water partition coefficient (Wildman–Crippen LogP) is 1.68. The van der Waals surface area contributed by atoms with Gasteiger partial charge in [0.2, 0.25) is 0 Å². The zero-order chi connectivity index (χ0) is 11.8. The molecule has 0 atom stereocenters. The highest BCUT2D eigenvalue weighted by atomic mass is 16.3. The van der Waals surface area contributed by atoms with Gasteiger partial charge in [-0.1, -0.05) is 0 Å². The van der Waals surface area contributed by atoms with Crippen molar-refractivity contribution in [1.82, 2.24) is 14.6 Å². The first-order valence-electron chi connectivity index (χ1n) is 5.14. The number of aromatic nitrogens is 3. The number of benzene rings is 1. The van der Waals surface area contributed by atoms with Crippen LogP contribution in [0, 0.1) is 0 Å². The number of phenolic OH excluding ortho intramolecular Hbond substituents is 1. The molecule has 0 aliphatic rings. The highest BCUT2D eigenvalue weighted by Gasteiger charge is 2.11. The van der Waals surface area contributed by atoms with Crippen molar-refractivity contribution in [2.45, 2.75) is 0 Å². The van der Waals surface area contributed by atoms with Crippen LogP contribution in [0.1, 0.15) is 0 Å². The highest BCUT2D eigenvalue weighted by molar-refractivity contribution is 5.82. The van der Waals surface area contributed by atoms with Gasteiger partial charge in [-0.2, -0.15) is 5.10 Å². The van der Waals surface area contributed by atoms with E-state index >= 15 is 0 Å². The maximum absolute atomic E-state index is 9.24. The first kappa shape index (κ1) is 9.65. The molecule has 0 fully saturated rings. The molecule has 0 radical (unpaired) electrons. The molecule has 0 saturated heterocycles. The van der Waals surface area contributed by atoms with Gasteiger partial charge in [-0.15, -0.1) is 0 Å². The van der Waals surface area contributed by atoms with Crippen LogP contribution >= 0.6 is 0 Å². The zero-order valence-corrected chi connectivity index (χ0v) is 8.91. The monoisotopic (exact) mass is 226 g/mol. The Bertz CT molecular complexity index is 673. The van der Waals surface area contributed by atoms with Gasteiger partial charge in [0.25, 0.3) is 0 Å². The molecule has 2 heterocycles. The van der Waals surface area contributed by atoms with E-state index in [0.717, 1.165) is 5.56 Å². The number of hydrogen-bond acceptors (Lipinski definition) is 4. The smallest absolute Gasteiger partial charge is 0.178 e. The molecule has 2 aromatic heterocycles. The van der Waals surface area contributed by atoms with Crippen LogP contribution < -0.4 is 5.73 Å². The number of phenols is 1. The van der Waals surface area contributed by atoms with E-state index in [1.807, 2.05) is 0 Å². The molecular formula is C12H10N4O. The first-order valence-corrected chi connectivity index (χ1v) is 5.14. The van der Waals surface area contributed by atoms with Crippen molar-refractivity contribution in [3.05, 3.63) is 42.7 Å². The van der Waals surface area contributed by atoms with Crippen LogP contribution in [0.4, 0.5) is 5.69 Å². The SMILES string of the molecule is Nc1c(-c2ccc(O)cc2)nn2cccnc12. The Kier molecular flexibility index (Phi) is 1.98. The van der Waals surface area contributed by atoms with Crippen molar-refractivity contribution < 1.29 is 5.11 Å². The summed E-state index contributed by atoms with van der Waals surface area (Å²) in [6, 6.07) is 8.54. The molecule has 3 aromatic rings. The van der Waals surface area contributed by atoms with Crippen molar-refractivity contribution in [3.8, 4) is 17.0 Å². The van der Waals surface area contributed by atoms with Crippen molar-refractivity contribution in [3.63, 3.8) is 0 Å². The summed E-state index contributed by atoms with van der Waals surface area (Å²) in [4.78, 5) is 4.17. The zero-order valence-electron chi connectivity index (χ0n) is 8.91. The van der Waals surface area contributed by atoms with Gasteiger partial charge in [0.1, 0.15) is 17.1 Å². The maximum Gasteiger partial charge on any atom is 0.178 e. The van der Waals surface area contributed by atoms with E-state index in [9.17, 15) is 5.11 Å². The lowest BCUT2D eigenvalue weighted by atomic mass is 10.1. The van der Waals surface area contributed by atoms with Gasteiger partial charge in [0, 0.05) is 18.0 Å². The number of hydrogen-bond donors (Lipinski definition) is 2. The Morgan fingerprint density at radius 3 is 2.65 bits per heavy atom. The van der Waals surface area contributed by atoms with Gasteiger partial charge in [0.15, 0.2) is 5.65 Å². The number of rotatable bonds is 1. The summed E-state index contributed by atoms with van der Waals surface area (Å²) < 4.78 is 1.64. The predicted molar refractivity (Wildman–Crippen MR) is 64.5 cm³/mol. The second kappa shape index (κ2) is 3.48. The minimum Gasteiger partial charge on any atom is -0.508 e. The third kappa shape index (κ3) is 1.48. The summed E-state index contributed by atoms with van der Waals surface area (Å²) in [6.45, 7) is 0. The molecule has 1 aromatic carbocycles. The van der Waals surface area contributed by atoms with Crippen LogP contribution in [-0.4, -0.2) is 19.7 Å². The average molecular weight is 226 g/mol. The van der Waals surface area contributed by atoms with E-state index in [0.29, 0.717) is 17.0 Å². The van der Waals surface area contributed by atoms with E-state index in [-0.39, 0.29) is 5.75 Å². The quantitative estimate of drug-likeness (QED) is 0.662. The summed E-state index contributed by atoms with van der Waals surface area (Å²) in [7, 11) is 0. The molecule has 3 rings (SSSR count). The fraction of sp³-hybridized carbons (Fsp3) is 0. The van der Waals surface area contributed by atoms with E-state index in [1.165, 1.54) is 0 Å². The van der Waals surface area contributed by atoms with Crippen molar-refractivity contribution in [2.24, 2.45) is 0 Å². The number of anilines is 1. The molecule has 5 nitrogen and oxygen atoms in total. The van der Waals surface area contributed by atoms with Crippen LogP contribution in [0.25, 0.3) is 16.9 Å². The molecule has 3 N–H and O–H groups in total.